The summed E-state index contributed by atoms with van der Waals surface area (Å²) in [6, 6.07) is 3.32. The maximum absolute atomic E-state index is 11.7. The Morgan fingerprint density at radius 2 is 1.90 bits per heavy atom. The summed E-state index contributed by atoms with van der Waals surface area (Å²) in [5, 5.41) is 10.0. The molecule has 0 aliphatic carbocycles. The van der Waals surface area contributed by atoms with E-state index in [4.69, 9.17) is 9.16 Å². The molecule has 5 nitrogen and oxygen atoms in total. The van der Waals surface area contributed by atoms with E-state index < -0.39 is 14.4 Å². The van der Waals surface area contributed by atoms with E-state index >= 15 is 0 Å². The van der Waals surface area contributed by atoms with Crippen LogP contribution in [0.3, 0.4) is 0 Å². The summed E-state index contributed by atoms with van der Waals surface area (Å²) in [5.74, 6) is 0.336. The summed E-state index contributed by atoms with van der Waals surface area (Å²) in [6.45, 7) is 8.82. The van der Waals surface area contributed by atoms with Crippen molar-refractivity contribution in [1.29, 1.82) is 0 Å². The average Bonchev–Trinajstić information content (AvgIpc) is 2.71. The molecular weight excluding hydrogens is 396 g/mol. The summed E-state index contributed by atoms with van der Waals surface area (Å²) in [5.41, 5.74) is 0. The van der Waals surface area contributed by atoms with E-state index in [0.29, 0.717) is 18.8 Å². The summed E-state index contributed by atoms with van der Waals surface area (Å²) in [4.78, 5) is 22.0. The maximum atomic E-state index is 11.7. The maximum Gasteiger partial charge on any atom is 0.306 e. The van der Waals surface area contributed by atoms with E-state index in [1.54, 1.807) is 12.2 Å². The van der Waals surface area contributed by atoms with Crippen molar-refractivity contribution in [3.8, 4) is 0 Å². The Hall–Kier alpha value is -1.24. The molecule has 0 saturated carbocycles. The first-order chi connectivity index (χ1) is 14.4. The normalized spacial score (nSPS) is 22.4. The van der Waals surface area contributed by atoms with E-state index in [0.717, 1.165) is 56.5 Å². The number of hydrogen-bond donors (Lipinski definition) is 1. The van der Waals surface area contributed by atoms with Gasteiger partial charge in [-0.2, -0.15) is 0 Å². The predicted molar refractivity (Wildman–Crippen MR) is 124 cm³/mol. The zero-order valence-corrected chi connectivity index (χ0v) is 20.3. The van der Waals surface area contributed by atoms with Gasteiger partial charge in [0.1, 0.15) is 12.4 Å². The lowest BCUT2D eigenvalue weighted by atomic mass is 9.94. The van der Waals surface area contributed by atoms with Crippen LogP contribution < -0.4 is 0 Å². The standard InChI is InChI=1S/C24H42O5Si/c1-5-30(6-2,7-3)29-22(14-10-13-21(26)12-8-9-17-25)15-11-16-23-18-20(4)19-24(27)28-23/h8-10,13,17,20-23,26H,5-7,11-12,14-16,18-19H2,1-4H3/b9-8+,13-10+/t20-,21-,22-,23-/m0/s1. The van der Waals surface area contributed by atoms with Crippen molar-refractivity contribution < 1.29 is 23.9 Å². The molecule has 0 bridgehead atoms. The minimum Gasteiger partial charge on any atom is -0.462 e. The van der Waals surface area contributed by atoms with Crippen molar-refractivity contribution in [2.75, 3.05) is 0 Å². The van der Waals surface area contributed by atoms with Crippen LogP contribution >= 0.6 is 0 Å². The van der Waals surface area contributed by atoms with E-state index in [-0.39, 0.29) is 18.2 Å². The molecule has 0 spiro atoms. The molecule has 1 fully saturated rings. The zero-order chi connectivity index (χ0) is 22.4. The molecule has 1 saturated heterocycles. The fraction of sp³-hybridized carbons (Fsp3) is 0.750. The fourth-order valence-electron chi connectivity index (χ4n) is 4.17. The van der Waals surface area contributed by atoms with Gasteiger partial charge in [-0.3, -0.25) is 9.59 Å². The predicted octanol–water partition coefficient (Wildman–Crippen LogP) is 5.34. The van der Waals surface area contributed by atoms with Crippen LogP contribution in [0, 0.1) is 5.92 Å². The van der Waals surface area contributed by atoms with Crippen molar-refractivity contribution in [3.05, 3.63) is 24.3 Å². The van der Waals surface area contributed by atoms with Crippen LogP contribution in [-0.2, 0) is 18.8 Å². The van der Waals surface area contributed by atoms with Crippen LogP contribution in [0.25, 0.3) is 0 Å². The molecule has 4 atom stereocenters. The number of hydrogen-bond acceptors (Lipinski definition) is 5. The van der Waals surface area contributed by atoms with E-state index in [2.05, 4.69) is 27.7 Å². The number of cyclic esters (lactones) is 1. The van der Waals surface area contributed by atoms with Crippen LogP contribution in [0.15, 0.2) is 24.3 Å². The van der Waals surface area contributed by atoms with Gasteiger partial charge in [-0.15, -0.1) is 0 Å². The molecule has 6 heteroatoms. The van der Waals surface area contributed by atoms with E-state index in [9.17, 15) is 14.7 Å². The quantitative estimate of drug-likeness (QED) is 0.123. The lowest BCUT2D eigenvalue weighted by Gasteiger charge is -2.33. The van der Waals surface area contributed by atoms with E-state index in [1.807, 2.05) is 6.08 Å². The number of carbonyl (C=O) groups is 2. The third kappa shape index (κ3) is 10.2. The molecule has 1 N–H and O–H groups in total. The minimum atomic E-state index is -1.73. The second kappa shape index (κ2) is 14.7. The highest BCUT2D eigenvalue weighted by Crippen LogP contribution is 2.28. The largest absolute Gasteiger partial charge is 0.462 e. The van der Waals surface area contributed by atoms with Crippen molar-refractivity contribution in [3.63, 3.8) is 0 Å². The second-order valence-electron chi connectivity index (χ2n) is 8.60. The molecule has 0 aromatic carbocycles. The number of aliphatic hydroxyl groups excluding tert-OH is 1. The third-order valence-electron chi connectivity index (χ3n) is 6.23. The minimum absolute atomic E-state index is 0.0365. The van der Waals surface area contributed by atoms with Gasteiger partial charge in [-0.25, -0.2) is 0 Å². The highest BCUT2D eigenvalue weighted by atomic mass is 28.4. The second-order valence-corrected chi connectivity index (χ2v) is 13.3. The Morgan fingerprint density at radius 3 is 2.50 bits per heavy atom. The van der Waals surface area contributed by atoms with Crippen molar-refractivity contribution >= 4 is 20.6 Å². The molecule has 0 amide bonds. The smallest absolute Gasteiger partial charge is 0.306 e. The molecule has 0 unspecified atom stereocenters. The molecule has 172 valence electrons. The molecule has 1 aliphatic heterocycles. The molecule has 1 heterocycles. The summed E-state index contributed by atoms with van der Waals surface area (Å²) in [6.07, 6.45) is 12.7. The number of rotatable bonds is 15. The van der Waals surface area contributed by atoms with Gasteiger partial charge in [0.15, 0.2) is 8.32 Å². The zero-order valence-electron chi connectivity index (χ0n) is 19.3. The van der Waals surface area contributed by atoms with Crippen molar-refractivity contribution in [2.24, 2.45) is 5.92 Å². The number of esters is 1. The number of carbonyl (C=O) groups excluding carboxylic acids is 2. The Labute approximate surface area is 184 Å². The lowest BCUT2D eigenvalue weighted by Crippen LogP contribution is -2.40. The SMILES string of the molecule is CC[Si](CC)(CC)O[C@@H](C/C=C/[C@@H](O)C/C=C/C=O)CCC[C@H]1C[C@H](C)CC(=O)O1. The van der Waals surface area contributed by atoms with Gasteiger partial charge in [0.05, 0.1) is 6.10 Å². The molecule has 1 rings (SSSR count). The van der Waals surface area contributed by atoms with Gasteiger partial charge in [-0.1, -0.05) is 45.9 Å². The third-order valence-corrected chi connectivity index (χ3v) is 10.9. The van der Waals surface area contributed by atoms with Gasteiger partial charge in [0.25, 0.3) is 0 Å². The first-order valence-corrected chi connectivity index (χ1v) is 14.2. The Morgan fingerprint density at radius 1 is 1.20 bits per heavy atom. The topological polar surface area (TPSA) is 72.8 Å². The Bertz CT molecular complexity index is 548. The first kappa shape index (κ1) is 26.8. The Balaban J connectivity index is 2.64. The first-order valence-electron chi connectivity index (χ1n) is 11.7. The number of allylic oxidation sites excluding steroid dienone is 1. The average molecular weight is 439 g/mol. The van der Waals surface area contributed by atoms with Crippen LogP contribution in [0.2, 0.25) is 18.1 Å². The number of aliphatic hydroxyl groups is 1. The van der Waals surface area contributed by atoms with Gasteiger partial charge in [0, 0.05) is 12.5 Å². The molecule has 1 aliphatic rings. The van der Waals surface area contributed by atoms with Crippen LogP contribution in [0.5, 0.6) is 0 Å². The highest BCUT2D eigenvalue weighted by Gasteiger charge is 2.32. The van der Waals surface area contributed by atoms with Gasteiger partial charge in [-0.05, 0) is 68.7 Å². The molecule has 0 radical (unpaired) electrons. The molecular formula is C24H42O5Si. The monoisotopic (exact) mass is 438 g/mol. The molecule has 30 heavy (non-hydrogen) atoms. The summed E-state index contributed by atoms with van der Waals surface area (Å²) in [7, 11) is -1.73. The lowest BCUT2D eigenvalue weighted by molar-refractivity contribution is -0.156. The molecule has 0 aromatic heterocycles. The Kier molecular flexibility index (Phi) is 13.1. The van der Waals surface area contributed by atoms with Crippen LogP contribution in [0.4, 0.5) is 0 Å². The van der Waals surface area contributed by atoms with Gasteiger partial charge >= 0.3 is 5.97 Å². The van der Waals surface area contributed by atoms with Crippen LogP contribution in [-0.4, -0.2) is 44.0 Å². The fourth-order valence-corrected chi connectivity index (χ4v) is 7.09. The summed E-state index contributed by atoms with van der Waals surface area (Å²) >= 11 is 0. The number of aldehydes is 1. The van der Waals surface area contributed by atoms with Gasteiger partial charge < -0.3 is 14.3 Å². The highest BCUT2D eigenvalue weighted by molar-refractivity contribution is 6.73. The summed E-state index contributed by atoms with van der Waals surface area (Å²) < 4.78 is 12.2. The van der Waals surface area contributed by atoms with Gasteiger partial charge in [0.2, 0.25) is 0 Å². The van der Waals surface area contributed by atoms with Crippen molar-refractivity contribution in [2.45, 2.75) is 109 Å². The molecule has 0 aromatic rings. The van der Waals surface area contributed by atoms with E-state index in [1.165, 1.54) is 6.08 Å². The number of ether oxygens (including phenoxy) is 1. The van der Waals surface area contributed by atoms with Crippen LogP contribution in [0.1, 0.15) is 72.6 Å². The van der Waals surface area contributed by atoms with Crippen molar-refractivity contribution in [1.82, 2.24) is 0 Å².